The fraction of sp³-hybridized carbons (Fsp3) is 0.444. The highest BCUT2D eigenvalue weighted by Crippen LogP contribution is 2.37. The molecule has 1 saturated heterocycles. The summed E-state index contributed by atoms with van der Waals surface area (Å²) in [4.78, 5) is 29.7. The number of benzene rings is 1. The summed E-state index contributed by atoms with van der Waals surface area (Å²) in [7, 11) is 0. The normalized spacial score (nSPS) is 23.2. The SMILES string of the molecule is O=C(NCC(=O)N1CCC2CCCC21)c1cc2ccccc2[nH]1. The zero-order chi connectivity index (χ0) is 15.8. The first-order chi connectivity index (χ1) is 11.2. The highest BCUT2D eigenvalue weighted by atomic mass is 16.2. The van der Waals surface area contributed by atoms with E-state index in [0.29, 0.717) is 17.7 Å². The molecule has 5 heteroatoms. The molecule has 2 amide bonds. The first-order valence-electron chi connectivity index (χ1n) is 8.38. The van der Waals surface area contributed by atoms with Crippen LogP contribution in [0.1, 0.15) is 36.2 Å². The smallest absolute Gasteiger partial charge is 0.268 e. The van der Waals surface area contributed by atoms with Crippen LogP contribution in [0.2, 0.25) is 0 Å². The van der Waals surface area contributed by atoms with Crippen molar-refractivity contribution >= 4 is 22.7 Å². The summed E-state index contributed by atoms with van der Waals surface area (Å²) in [6.07, 6.45) is 4.70. The number of fused-ring (bicyclic) bond motifs is 2. The van der Waals surface area contributed by atoms with E-state index in [1.165, 1.54) is 12.8 Å². The molecule has 1 aromatic carbocycles. The first-order valence-corrected chi connectivity index (χ1v) is 8.38. The standard InChI is InChI=1S/C18H21N3O2/c22-17(21-9-8-12-5-3-7-16(12)21)11-19-18(23)15-10-13-4-1-2-6-14(13)20-15/h1-2,4,6,10,12,16,20H,3,5,7-9,11H2,(H,19,23). The molecule has 2 N–H and O–H groups in total. The van der Waals surface area contributed by atoms with E-state index in [2.05, 4.69) is 10.3 Å². The van der Waals surface area contributed by atoms with Gasteiger partial charge in [-0.1, -0.05) is 24.6 Å². The number of amides is 2. The largest absolute Gasteiger partial charge is 0.351 e. The lowest BCUT2D eigenvalue weighted by atomic mass is 10.0. The second-order valence-corrected chi connectivity index (χ2v) is 6.59. The van der Waals surface area contributed by atoms with Crippen molar-refractivity contribution in [3.63, 3.8) is 0 Å². The van der Waals surface area contributed by atoms with E-state index in [-0.39, 0.29) is 18.4 Å². The van der Waals surface area contributed by atoms with Gasteiger partial charge in [0.1, 0.15) is 5.69 Å². The molecule has 4 rings (SSSR count). The molecule has 23 heavy (non-hydrogen) atoms. The Morgan fingerprint density at radius 2 is 2.09 bits per heavy atom. The van der Waals surface area contributed by atoms with Gasteiger partial charge >= 0.3 is 0 Å². The molecule has 0 spiro atoms. The monoisotopic (exact) mass is 311 g/mol. The van der Waals surface area contributed by atoms with Crippen molar-refractivity contribution in [3.05, 3.63) is 36.0 Å². The average molecular weight is 311 g/mol. The third-order valence-electron chi connectivity index (χ3n) is 5.26. The molecule has 2 atom stereocenters. The van der Waals surface area contributed by atoms with Crippen LogP contribution in [0.5, 0.6) is 0 Å². The van der Waals surface area contributed by atoms with E-state index in [0.717, 1.165) is 30.3 Å². The molecule has 5 nitrogen and oxygen atoms in total. The number of para-hydroxylation sites is 1. The number of rotatable bonds is 3. The Labute approximate surface area is 135 Å². The zero-order valence-corrected chi connectivity index (χ0v) is 13.0. The van der Waals surface area contributed by atoms with Crippen LogP contribution in [0.15, 0.2) is 30.3 Å². The van der Waals surface area contributed by atoms with Gasteiger partial charge in [-0.15, -0.1) is 0 Å². The molecule has 2 unspecified atom stereocenters. The lowest BCUT2D eigenvalue weighted by Crippen LogP contribution is -2.42. The number of carbonyl (C=O) groups excluding carboxylic acids is 2. The van der Waals surface area contributed by atoms with Crippen molar-refractivity contribution in [2.75, 3.05) is 13.1 Å². The average Bonchev–Trinajstić information content (AvgIpc) is 3.25. The van der Waals surface area contributed by atoms with Crippen LogP contribution in [0.3, 0.4) is 0 Å². The second kappa shape index (κ2) is 5.72. The zero-order valence-electron chi connectivity index (χ0n) is 13.0. The fourth-order valence-electron chi connectivity index (χ4n) is 4.09. The lowest BCUT2D eigenvalue weighted by Gasteiger charge is -2.24. The number of aromatic amines is 1. The van der Waals surface area contributed by atoms with Crippen molar-refractivity contribution in [1.29, 1.82) is 0 Å². The summed E-state index contributed by atoms with van der Waals surface area (Å²) in [5, 5.41) is 3.75. The van der Waals surface area contributed by atoms with Crippen molar-refractivity contribution < 1.29 is 9.59 Å². The van der Waals surface area contributed by atoms with Gasteiger partial charge in [0.05, 0.1) is 6.54 Å². The number of likely N-dealkylation sites (tertiary alicyclic amines) is 1. The maximum absolute atomic E-state index is 12.4. The Hall–Kier alpha value is -2.30. The number of nitrogens with zero attached hydrogens (tertiary/aromatic N) is 1. The van der Waals surface area contributed by atoms with E-state index < -0.39 is 0 Å². The van der Waals surface area contributed by atoms with Crippen molar-refractivity contribution in [2.45, 2.75) is 31.7 Å². The molecule has 1 saturated carbocycles. The van der Waals surface area contributed by atoms with Crippen molar-refractivity contribution in [2.24, 2.45) is 5.92 Å². The Kier molecular flexibility index (Phi) is 3.56. The van der Waals surface area contributed by atoms with Gasteiger partial charge in [0.25, 0.3) is 5.91 Å². The highest BCUT2D eigenvalue weighted by molar-refractivity contribution is 5.99. The molecule has 120 valence electrons. The molecule has 2 fully saturated rings. The van der Waals surface area contributed by atoms with Gasteiger partial charge in [0.2, 0.25) is 5.91 Å². The van der Waals surface area contributed by atoms with Gasteiger partial charge in [-0.3, -0.25) is 9.59 Å². The van der Waals surface area contributed by atoms with Gasteiger partial charge < -0.3 is 15.2 Å². The minimum Gasteiger partial charge on any atom is -0.351 e. The second-order valence-electron chi connectivity index (χ2n) is 6.59. The van der Waals surface area contributed by atoms with Crippen molar-refractivity contribution in [1.82, 2.24) is 15.2 Å². The minimum atomic E-state index is -0.225. The minimum absolute atomic E-state index is 0.0452. The van der Waals surface area contributed by atoms with Gasteiger partial charge in [-0.2, -0.15) is 0 Å². The number of H-pyrrole nitrogens is 1. The molecule has 2 heterocycles. The predicted octanol–water partition coefficient (Wildman–Crippen LogP) is 2.30. The summed E-state index contributed by atoms with van der Waals surface area (Å²) < 4.78 is 0. The van der Waals surface area contributed by atoms with Crippen LogP contribution in [0, 0.1) is 5.92 Å². The first kappa shape index (κ1) is 14.3. The fourth-order valence-corrected chi connectivity index (χ4v) is 4.09. The lowest BCUT2D eigenvalue weighted by molar-refractivity contribution is -0.131. The third kappa shape index (κ3) is 2.60. The molecule has 0 radical (unpaired) electrons. The van der Waals surface area contributed by atoms with Crippen molar-refractivity contribution in [3.8, 4) is 0 Å². The van der Waals surface area contributed by atoms with Crippen LogP contribution >= 0.6 is 0 Å². The molecule has 0 bridgehead atoms. The third-order valence-corrected chi connectivity index (χ3v) is 5.26. The molecule has 2 aromatic rings. The van der Waals surface area contributed by atoms with Gasteiger partial charge in [-0.05, 0) is 37.3 Å². The summed E-state index contributed by atoms with van der Waals surface area (Å²) in [6.45, 7) is 0.924. The van der Waals surface area contributed by atoms with E-state index in [4.69, 9.17) is 0 Å². The maximum Gasteiger partial charge on any atom is 0.268 e. The summed E-state index contributed by atoms with van der Waals surface area (Å²) in [5.74, 6) is 0.504. The Morgan fingerprint density at radius 3 is 2.96 bits per heavy atom. The molecule has 1 aliphatic carbocycles. The van der Waals surface area contributed by atoms with Gasteiger partial charge in [0, 0.05) is 23.5 Å². The quantitative estimate of drug-likeness (QED) is 0.913. The Balaban J connectivity index is 1.38. The number of hydrogen-bond donors (Lipinski definition) is 2. The van der Waals surface area contributed by atoms with E-state index in [1.807, 2.05) is 35.2 Å². The van der Waals surface area contributed by atoms with Gasteiger partial charge in [-0.25, -0.2) is 0 Å². The number of hydrogen-bond acceptors (Lipinski definition) is 2. The van der Waals surface area contributed by atoms with Crippen LogP contribution in [-0.2, 0) is 4.79 Å². The molecule has 1 aliphatic heterocycles. The summed E-state index contributed by atoms with van der Waals surface area (Å²) >= 11 is 0. The molecular formula is C18H21N3O2. The van der Waals surface area contributed by atoms with Gasteiger partial charge in [0.15, 0.2) is 0 Å². The Bertz CT molecular complexity index is 719. The summed E-state index contributed by atoms with van der Waals surface area (Å²) in [5.41, 5.74) is 1.43. The van der Waals surface area contributed by atoms with Crippen LogP contribution < -0.4 is 5.32 Å². The molecule has 2 aliphatic rings. The van der Waals surface area contributed by atoms with E-state index in [9.17, 15) is 9.59 Å². The molecule has 1 aromatic heterocycles. The van der Waals surface area contributed by atoms with Crippen LogP contribution in [0.25, 0.3) is 10.9 Å². The van der Waals surface area contributed by atoms with Crippen LogP contribution in [-0.4, -0.2) is 40.8 Å². The number of aromatic nitrogens is 1. The maximum atomic E-state index is 12.4. The number of carbonyl (C=O) groups is 2. The highest BCUT2D eigenvalue weighted by Gasteiger charge is 2.39. The molecular weight excluding hydrogens is 290 g/mol. The van der Waals surface area contributed by atoms with Crippen LogP contribution in [0.4, 0.5) is 0 Å². The predicted molar refractivity (Wildman–Crippen MR) is 88.1 cm³/mol. The summed E-state index contributed by atoms with van der Waals surface area (Å²) in [6, 6.07) is 9.98. The number of nitrogens with one attached hydrogen (secondary N) is 2. The Morgan fingerprint density at radius 1 is 1.22 bits per heavy atom. The van der Waals surface area contributed by atoms with E-state index >= 15 is 0 Å². The topological polar surface area (TPSA) is 65.2 Å². The van der Waals surface area contributed by atoms with E-state index in [1.54, 1.807) is 0 Å².